The molecule has 1 saturated carbocycles. The first-order chi connectivity index (χ1) is 13.4. The highest BCUT2D eigenvalue weighted by Crippen LogP contribution is 2.48. The number of nitrogens with two attached hydrogens (primary N) is 3. The molecule has 0 bridgehead atoms. The van der Waals surface area contributed by atoms with Crippen LogP contribution in [0.4, 0.5) is 17.5 Å². The smallest absolute Gasteiger partial charge is 0.158 e. The first-order valence-corrected chi connectivity index (χ1v) is 10.8. The lowest BCUT2D eigenvalue weighted by Gasteiger charge is -2.43. The van der Waals surface area contributed by atoms with E-state index < -0.39 is 0 Å². The largest absolute Gasteiger partial charge is 0.382 e. The molecule has 1 saturated heterocycles. The van der Waals surface area contributed by atoms with Crippen LogP contribution >= 0.6 is 23.4 Å². The molecule has 3 heterocycles. The molecule has 7 nitrogen and oxygen atoms in total. The number of nitrogens with zero attached hydrogens (tertiary/aromatic N) is 4. The van der Waals surface area contributed by atoms with E-state index in [0.29, 0.717) is 33.2 Å². The second kappa shape index (κ2) is 7.57. The normalized spacial score (nSPS) is 24.0. The second-order valence-electron chi connectivity index (χ2n) is 7.92. The Balaban J connectivity index is 1.46. The van der Waals surface area contributed by atoms with Gasteiger partial charge in [-0.3, -0.25) is 0 Å². The standard InChI is InChI=1S/C19H26ClN7S/c1-11-2-4-19(15(11)21)5-8-27(9-6-19)13-10-25-18(17(23)26-13)28-12-3-7-24-16(22)14(12)20/h3,7,10-11,15H,2,4-6,8-9,21H2,1H3,(H2,22,24)(H2,23,26)/t11?,15-/m1/s1. The van der Waals surface area contributed by atoms with Gasteiger partial charge < -0.3 is 22.1 Å². The molecule has 1 aliphatic heterocycles. The minimum absolute atomic E-state index is 0.288. The van der Waals surface area contributed by atoms with E-state index >= 15 is 0 Å². The van der Waals surface area contributed by atoms with Crippen molar-refractivity contribution in [3.8, 4) is 0 Å². The van der Waals surface area contributed by atoms with Crippen molar-refractivity contribution in [1.29, 1.82) is 0 Å². The van der Waals surface area contributed by atoms with Crippen LogP contribution in [0.25, 0.3) is 0 Å². The number of aromatic nitrogens is 3. The number of nitrogen functional groups attached to an aromatic ring is 2. The zero-order chi connectivity index (χ0) is 19.9. The molecule has 1 unspecified atom stereocenters. The Morgan fingerprint density at radius 1 is 1.18 bits per heavy atom. The van der Waals surface area contributed by atoms with Crippen LogP contribution in [0, 0.1) is 11.3 Å². The van der Waals surface area contributed by atoms with E-state index in [1.54, 1.807) is 18.5 Å². The van der Waals surface area contributed by atoms with Crippen LogP contribution < -0.4 is 22.1 Å². The fraction of sp³-hybridized carbons (Fsp3) is 0.526. The minimum Gasteiger partial charge on any atom is -0.382 e. The van der Waals surface area contributed by atoms with Crippen LogP contribution in [0.3, 0.4) is 0 Å². The quantitative estimate of drug-likeness (QED) is 0.693. The number of anilines is 3. The van der Waals surface area contributed by atoms with Gasteiger partial charge in [0.25, 0.3) is 0 Å². The van der Waals surface area contributed by atoms with Gasteiger partial charge in [0.15, 0.2) is 5.82 Å². The topological polar surface area (TPSA) is 120 Å². The van der Waals surface area contributed by atoms with E-state index in [4.69, 9.17) is 28.8 Å². The molecule has 2 aliphatic rings. The van der Waals surface area contributed by atoms with Gasteiger partial charge in [-0.25, -0.2) is 15.0 Å². The SMILES string of the molecule is CC1CCC2(CCN(c3cnc(Sc4ccnc(N)c4Cl)c(N)n3)CC2)[C@@H]1N. The molecule has 150 valence electrons. The molecule has 1 spiro atoms. The van der Waals surface area contributed by atoms with E-state index in [2.05, 4.69) is 26.8 Å². The number of piperidine rings is 1. The van der Waals surface area contributed by atoms with Crippen molar-refractivity contribution in [3.05, 3.63) is 23.5 Å². The third kappa shape index (κ3) is 3.49. The molecule has 0 aromatic carbocycles. The van der Waals surface area contributed by atoms with Crippen molar-refractivity contribution >= 4 is 40.8 Å². The molecular formula is C19H26ClN7S. The fourth-order valence-corrected chi connectivity index (χ4v) is 5.48. The van der Waals surface area contributed by atoms with Gasteiger partial charge in [0.1, 0.15) is 16.7 Å². The summed E-state index contributed by atoms with van der Waals surface area (Å²) in [7, 11) is 0. The number of pyridine rings is 1. The summed E-state index contributed by atoms with van der Waals surface area (Å²) in [5.74, 6) is 2.11. The maximum absolute atomic E-state index is 6.52. The summed E-state index contributed by atoms with van der Waals surface area (Å²) in [6, 6.07) is 2.09. The molecule has 0 radical (unpaired) electrons. The van der Waals surface area contributed by atoms with E-state index in [9.17, 15) is 0 Å². The maximum Gasteiger partial charge on any atom is 0.158 e. The summed E-state index contributed by atoms with van der Waals surface area (Å²) < 4.78 is 0. The molecule has 1 aliphatic carbocycles. The van der Waals surface area contributed by atoms with Crippen LogP contribution in [0.2, 0.25) is 5.02 Å². The molecular weight excluding hydrogens is 394 g/mol. The summed E-state index contributed by atoms with van der Waals surface area (Å²) in [6.07, 6.45) is 8.07. The first kappa shape index (κ1) is 19.5. The predicted molar refractivity (Wildman–Crippen MR) is 114 cm³/mol. The Hall–Kier alpha value is -1.77. The number of hydrogen-bond donors (Lipinski definition) is 3. The van der Waals surface area contributed by atoms with Gasteiger partial charge in [0, 0.05) is 30.2 Å². The van der Waals surface area contributed by atoms with Crippen molar-refractivity contribution in [2.24, 2.45) is 17.1 Å². The average molecular weight is 420 g/mol. The van der Waals surface area contributed by atoms with Gasteiger partial charge in [0.2, 0.25) is 0 Å². The second-order valence-corrected chi connectivity index (χ2v) is 9.33. The lowest BCUT2D eigenvalue weighted by molar-refractivity contribution is 0.186. The Morgan fingerprint density at radius 3 is 2.57 bits per heavy atom. The summed E-state index contributed by atoms with van der Waals surface area (Å²) in [5.41, 5.74) is 18.8. The Morgan fingerprint density at radius 2 is 1.93 bits per heavy atom. The van der Waals surface area contributed by atoms with Crippen molar-refractivity contribution in [2.45, 2.75) is 48.6 Å². The van der Waals surface area contributed by atoms with E-state index in [1.807, 2.05) is 0 Å². The Bertz CT molecular complexity index is 869. The number of halogens is 1. The molecule has 2 aromatic rings. The third-order valence-electron chi connectivity index (χ3n) is 6.34. The van der Waals surface area contributed by atoms with Gasteiger partial charge in [-0.2, -0.15) is 0 Å². The molecule has 28 heavy (non-hydrogen) atoms. The Labute approximate surface area is 174 Å². The van der Waals surface area contributed by atoms with Crippen molar-refractivity contribution < 1.29 is 0 Å². The predicted octanol–water partition coefficient (Wildman–Crippen LogP) is 3.18. The van der Waals surface area contributed by atoms with Crippen molar-refractivity contribution in [2.75, 3.05) is 29.5 Å². The zero-order valence-electron chi connectivity index (χ0n) is 15.9. The minimum atomic E-state index is 0.288. The van der Waals surface area contributed by atoms with Gasteiger partial charge in [-0.05, 0) is 43.1 Å². The van der Waals surface area contributed by atoms with Crippen LogP contribution in [0.15, 0.2) is 28.4 Å². The molecule has 6 N–H and O–H groups in total. The fourth-order valence-electron chi connectivity index (χ4n) is 4.47. The maximum atomic E-state index is 6.52. The lowest BCUT2D eigenvalue weighted by atomic mass is 9.73. The van der Waals surface area contributed by atoms with Crippen LogP contribution in [-0.2, 0) is 0 Å². The van der Waals surface area contributed by atoms with Gasteiger partial charge >= 0.3 is 0 Å². The highest BCUT2D eigenvalue weighted by Gasteiger charge is 2.46. The van der Waals surface area contributed by atoms with Crippen LogP contribution in [0.1, 0.15) is 32.6 Å². The van der Waals surface area contributed by atoms with E-state index in [1.165, 1.54) is 24.6 Å². The van der Waals surface area contributed by atoms with Gasteiger partial charge in [-0.15, -0.1) is 0 Å². The monoisotopic (exact) mass is 419 g/mol. The molecule has 2 atom stereocenters. The average Bonchev–Trinajstić information content (AvgIpc) is 2.96. The molecule has 2 aromatic heterocycles. The third-order valence-corrected chi connectivity index (χ3v) is 7.92. The summed E-state index contributed by atoms with van der Waals surface area (Å²) in [4.78, 5) is 16.1. The van der Waals surface area contributed by atoms with Crippen LogP contribution in [-0.4, -0.2) is 34.1 Å². The molecule has 9 heteroatoms. The lowest BCUT2D eigenvalue weighted by Crippen LogP contribution is -2.48. The number of hydrogen-bond acceptors (Lipinski definition) is 8. The van der Waals surface area contributed by atoms with Crippen molar-refractivity contribution in [1.82, 2.24) is 15.0 Å². The summed E-state index contributed by atoms with van der Waals surface area (Å²) >= 11 is 7.55. The summed E-state index contributed by atoms with van der Waals surface area (Å²) in [6.45, 7) is 4.15. The van der Waals surface area contributed by atoms with Gasteiger partial charge in [-0.1, -0.05) is 30.3 Å². The first-order valence-electron chi connectivity index (χ1n) is 9.60. The van der Waals surface area contributed by atoms with Crippen LogP contribution in [0.5, 0.6) is 0 Å². The number of rotatable bonds is 3. The zero-order valence-corrected chi connectivity index (χ0v) is 17.5. The highest BCUT2D eigenvalue weighted by molar-refractivity contribution is 7.99. The Kier molecular flexibility index (Phi) is 5.28. The van der Waals surface area contributed by atoms with Gasteiger partial charge in [0.05, 0.1) is 11.2 Å². The molecule has 4 rings (SSSR count). The highest BCUT2D eigenvalue weighted by atomic mass is 35.5. The van der Waals surface area contributed by atoms with Crippen molar-refractivity contribution in [3.63, 3.8) is 0 Å². The summed E-state index contributed by atoms with van der Waals surface area (Å²) in [5, 5.41) is 1.01. The molecule has 0 amide bonds. The van der Waals surface area contributed by atoms with E-state index in [0.717, 1.165) is 36.6 Å². The van der Waals surface area contributed by atoms with E-state index in [-0.39, 0.29) is 5.82 Å². The molecule has 2 fully saturated rings.